The molecule has 0 unspecified atom stereocenters. The molecular weight excluding hydrogens is 258 g/mol. The molecule has 0 radical (unpaired) electrons. The van der Waals surface area contributed by atoms with Crippen LogP contribution in [0.3, 0.4) is 0 Å². The van der Waals surface area contributed by atoms with Crippen molar-refractivity contribution in [1.82, 2.24) is 4.98 Å². The third kappa shape index (κ3) is 3.35. The largest absolute Gasteiger partial charge is 0.384 e. The van der Waals surface area contributed by atoms with Gasteiger partial charge in [-0.15, -0.1) is 0 Å². The summed E-state index contributed by atoms with van der Waals surface area (Å²) < 4.78 is 0. The molecule has 0 aliphatic heterocycles. The number of hydrogen-bond donors (Lipinski definition) is 2. The summed E-state index contributed by atoms with van der Waals surface area (Å²) in [6.45, 7) is 3.14. The van der Waals surface area contributed by atoms with Gasteiger partial charge in [0, 0.05) is 12.2 Å². The van der Waals surface area contributed by atoms with Gasteiger partial charge in [-0.2, -0.15) is 0 Å². The normalized spacial score (nSPS) is 13.6. The minimum Gasteiger partial charge on any atom is -0.384 e. The van der Waals surface area contributed by atoms with E-state index in [2.05, 4.69) is 46.8 Å². The summed E-state index contributed by atoms with van der Waals surface area (Å²) in [4.78, 5) is 4.32. The zero-order chi connectivity index (χ0) is 14.5. The Bertz CT molecular complexity index is 607. The Kier molecular flexibility index (Phi) is 4.39. The van der Waals surface area contributed by atoms with Crippen molar-refractivity contribution in [2.75, 3.05) is 17.2 Å². The van der Waals surface area contributed by atoms with Crippen LogP contribution in [0.2, 0.25) is 0 Å². The molecule has 0 fully saturated rings. The van der Waals surface area contributed by atoms with Gasteiger partial charge in [-0.3, -0.25) is 4.98 Å². The summed E-state index contributed by atoms with van der Waals surface area (Å²) in [7, 11) is 0. The summed E-state index contributed by atoms with van der Waals surface area (Å²) in [5, 5.41) is 6.93. The fourth-order valence-electron chi connectivity index (χ4n) is 2.93. The molecule has 2 aromatic rings. The molecule has 0 saturated carbocycles. The van der Waals surface area contributed by atoms with Gasteiger partial charge in [0.05, 0.1) is 23.8 Å². The first-order valence-corrected chi connectivity index (χ1v) is 7.93. The molecular formula is C18H23N3. The summed E-state index contributed by atoms with van der Waals surface area (Å²) in [6.07, 6.45) is 9.88. The van der Waals surface area contributed by atoms with E-state index in [-0.39, 0.29) is 0 Å². The average Bonchev–Trinajstić information content (AvgIpc) is 2.54. The first kappa shape index (κ1) is 13.9. The van der Waals surface area contributed by atoms with Gasteiger partial charge in [-0.1, -0.05) is 19.1 Å². The van der Waals surface area contributed by atoms with Crippen molar-refractivity contribution in [2.45, 2.75) is 39.0 Å². The number of anilines is 3. The number of fused-ring (bicyclic) bond motifs is 1. The highest BCUT2D eigenvalue weighted by atomic mass is 14.9. The maximum atomic E-state index is 4.32. The number of pyridine rings is 1. The molecule has 1 aromatic carbocycles. The van der Waals surface area contributed by atoms with Crippen LogP contribution in [0.15, 0.2) is 36.7 Å². The Balaban J connectivity index is 1.80. The third-order valence-electron chi connectivity index (χ3n) is 3.99. The van der Waals surface area contributed by atoms with Crippen LogP contribution in [0.4, 0.5) is 17.1 Å². The number of aryl methyl sites for hydroxylation is 1. The molecule has 21 heavy (non-hydrogen) atoms. The molecule has 110 valence electrons. The maximum Gasteiger partial charge on any atom is 0.0591 e. The van der Waals surface area contributed by atoms with E-state index in [0.717, 1.165) is 24.3 Å². The van der Waals surface area contributed by atoms with Crippen LogP contribution in [-0.2, 0) is 12.8 Å². The fraction of sp³-hybridized carbons (Fsp3) is 0.389. The Morgan fingerprint density at radius 3 is 2.86 bits per heavy atom. The lowest BCUT2D eigenvalue weighted by molar-refractivity contribution is 0.687. The lowest BCUT2D eigenvalue weighted by Gasteiger charge is -2.20. The maximum absolute atomic E-state index is 4.32. The Morgan fingerprint density at radius 1 is 1.10 bits per heavy atom. The number of nitrogens with zero attached hydrogens (tertiary/aromatic N) is 1. The standard InChI is InChI=1S/C18H23N3/c1-2-10-20-15-11-16(13-19-12-15)21-18-9-5-7-14-6-3-4-8-17(14)18/h5,7,9,11-13,20-21H,2-4,6,8,10H2,1H3. The zero-order valence-corrected chi connectivity index (χ0v) is 12.7. The predicted molar refractivity (Wildman–Crippen MR) is 89.4 cm³/mol. The summed E-state index contributed by atoms with van der Waals surface area (Å²) in [6, 6.07) is 8.72. The van der Waals surface area contributed by atoms with Crippen LogP contribution in [0.5, 0.6) is 0 Å². The molecule has 0 spiro atoms. The molecule has 3 rings (SSSR count). The highest BCUT2D eigenvalue weighted by Crippen LogP contribution is 2.30. The van der Waals surface area contributed by atoms with Gasteiger partial charge >= 0.3 is 0 Å². The van der Waals surface area contributed by atoms with Crippen LogP contribution in [0.25, 0.3) is 0 Å². The summed E-state index contributed by atoms with van der Waals surface area (Å²) in [5.74, 6) is 0. The first-order valence-electron chi connectivity index (χ1n) is 7.93. The number of hydrogen-bond acceptors (Lipinski definition) is 3. The van der Waals surface area contributed by atoms with Crippen LogP contribution >= 0.6 is 0 Å². The second-order valence-corrected chi connectivity index (χ2v) is 5.66. The number of aromatic nitrogens is 1. The molecule has 1 aliphatic carbocycles. The van der Waals surface area contributed by atoms with Crippen molar-refractivity contribution in [1.29, 1.82) is 0 Å². The predicted octanol–water partition coefficient (Wildman–Crippen LogP) is 4.53. The molecule has 2 N–H and O–H groups in total. The molecule has 0 atom stereocenters. The number of rotatable bonds is 5. The molecule has 1 aliphatic rings. The Morgan fingerprint density at radius 2 is 1.95 bits per heavy atom. The lowest BCUT2D eigenvalue weighted by atomic mass is 9.90. The highest BCUT2D eigenvalue weighted by Gasteiger charge is 2.12. The molecule has 0 amide bonds. The molecule has 0 bridgehead atoms. The molecule has 3 heteroatoms. The van der Waals surface area contributed by atoms with Crippen LogP contribution < -0.4 is 10.6 Å². The summed E-state index contributed by atoms with van der Waals surface area (Å²) in [5.41, 5.74) is 6.35. The fourth-order valence-corrected chi connectivity index (χ4v) is 2.93. The number of benzene rings is 1. The Hall–Kier alpha value is -2.03. The van der Waals surface area contributed by atoms with E-state index in [4.69, 9.17) is 0 Å². The van der Waals surface area contributed by atoms with Crippen molar-refractivity contribution < 1.29 is 0 Å². The average molecular weight is 281 g/mol. The second kappa shape index (κ2) is 6.61. The van der Waals surface area contributed by atoms with Gasteiger partial charge in [0.2, 0.25) is 0 Å². The smallest absolute Gasteiger partial charge is 0.0591 e. The van der Waals surface area contributed by atoms with Crippen molar-refractivity contribution in [2.24, 2.45) is 0 Å². The minimum absolute atomic E-state index is 0.978. The van der Waals surface area contributed by atoms with Crippen molar-refractivity contribution in [3.8, 4) is 0 Å². The van der Waals surface area contributed by atoms with Gasteiger partial charge in [-0.25, -0.2) is 0 Å². The molecule has 1 heterocycles. The van der Waals surface area contributed by atoms with Gasteiger partial charge in [0.1, 0.15) is 0 Å². The van der Waals surface area contributed by atoms with Gasteiger partial charge in [0.25, 0.3) is 0 Å². The monoisotopic (exact) mass is 281 g/mol. The Labute approximate surface area is 126 Å². The van der Waals surface area contributed by atoms with Gasteiger partial charge in [-0.05, 0) is 55.4 Å². The zero-order valence-electron chi connectivity index (χ0n) is 12.7. The quantitative estimate of drug-likeness (QED) is 0.845. The SMILES string of the molecule is CCCNc1cncc(Nc2cccc3c2CCCC3)c1. The molecule has 1 aromatic heterocycles. The van der Waals surface area contributed by atoms with E-state index in [1.54, 1.807) is 0 Å². The van der Waals surface area contributed by atoms with E-state index in [1.165, 1.54) is 42.5 Å². The first-order chi connectivity index (χ1) is 10.4. The second-order valence-electron chi connectivity index (χ2n) is 5.66. The highest BCUT2D eigenvalue weighted by molar-refractivity contribution is 5.67. The molecule has 0 saturated heterocycles. The topological polar surface area (TPSA) is 37.0 Å². The van der Waals surface area contributed by atoms with E-state index in [1.807, 2.05) is 12.4 Å². The molecule has 3 nitrogen and oxygen atoms in total. The van der Waals surface area contributed by atoms with Crippen LogP contribution in [-0.4, -0.2) is 11.5 Å². The van der Waals surface area contributed by atoms with E-state index >= 15 is 0 Å². The van der Waals surface area contributed by atoms with Crippen LogP contribution in [0, 0.1) is 0 Å². The van der Waals surface area contributed by atoms with Crippen molar-refractivity contribution in [3.05, 3.63) is 47.8 Å². The van der Waals surface area contributed by atoms with Crippen molar-refractivity contribution in [3.63, 3.8) is 0 Å². The minimum atomic E-state index is 0.978. The van der Waals surface area contributed by atoms with E-state index in [9.17, 15) is 0 Å². The van der Waals surface area contributed by atoms with Crippen LogP contribution in [0.1, 0.15) is 37.3 Å². The van der Waals surface area contributed by atoms with Gasteiger partial charge in [0.15, 0.2) is 0 Å². The number of nitrogens with one attached hydrogen (secondary N) is 2. The lowest BCUT2D eigenvalue weighted by Crippen LogP contribution is -2.06. The van der Waals surface area contributed by atoms with E-state index < -0.39 is 0 Å². The third-order valence-corrected chi connectivity index (χ3v) is 3.99. The summed E-state index contributed by atoms with van der Waals surface area (Å²) >= 11 is 0. The van der Waals surface area contributed by atoms with Crippen molar-refractivity contribution >= 4 is 17.1 Å². The van der Waals surface area contributed by atoms with Gasteiger partial charge < -0.3 is 10.6 Å². The van der Waals surface area contributed by atoms with E-state index in [0.29, 0.717) is 0 Å².